The second-order valence-electron chi connectivity index (χ2n) is 3.50. The topological polar surface area (TPSA) is 46.2 Å². The molecule has 0 amide bonds. The van der Waals surface area contributed by atoms with Gasteiger partial charge in [-0.15, -0.1) is 0 Å². The Morgan fingerprint density at radius 1 is 1.22 bits per heavy atom. The average molecular weight is 279 g/mol. The predicted octanol–water partition coefficient (Wildman–Crippen LogP) is 3.02. The summed E-state index contributed by atoms with van der Waals surface area (Å²) in [5.74, 6) is -0.0667. The Morgan fingerprint density at radius 2 is 1.78 bits per heavy atom. The number of allylic oxidation sites excluding steroid dienone is 1. The second kappa shape index (κ2) is 5.43. The molecule has 0 aliphatic rings. The summed E-state index contributed by atoms with van der Waals surface area (Å²) in [7, 11) is -3.37. The van der Waals surface area contributed by atoms with E-state index in [-0.39, 0.29) is 11.8 Å². The quantitative estimate of drug-likeness (QED) is 0.920. The SMILES string of the molecule is CCS(=O)(=O)Nc1ccc(/C=C/C(F)(F)F)cc1. The Balaban J connectivity index is 2.78. The summed E-state index contributed by atoms with van der Waals surface area (Å²) in [4.78, 5) is 0. The zero-order valence-corrected chi connectivity index (χ0v) is 10.3. The number of anilines is 1. The van der Waals surface area contributed by atoms with Crippen LogP contribution < -0.4 is 4.72 Å². The number of sulfonamides is 1. The first-order valence-corrected chi connectivity index (χ1v) is 6.73. The molecule has 0 spiro atoms. The van der Waals surface area contributed by atoms with Crippen molar-refractivity contribution in [2.75, 3.05) is 10.5 Å². The molecule has 100 valence electrons. The van der Waals surface area contributed by atoms with Crippen molar-refractivity contribution in [1.82, 2.24) is 0 Å². The lowest BCUT2D eigenvalue weighted by atomic mass is 10.2. The van der Waals surface area contributed by atoms with Gasteiger partial charge in [0.15, 0.2) is 0 Å². The summed E-state index contributed by atoms with van der Waals surface area (Å²) in [6.07, 6.45) is -3.32. The van der Waals surface area contributed by atoms with Crippen LogP contribution in [0.5, 0.6) is 0 Å². The van der Waals surface area contributed by atoms with Crippen molar-refractivity contribution in [3.63, 3.8) is 0 Å². The molecule has 1 aromatic carbocycles. The second-order valence-corrected chi connectivity index (χ2v) is 5.51. The van der Waals surface area contributed by atoms with Gasteiger partial charge < -0.3 is 0 Å². The van der Waals surface area contributed by atoms with Crippen molar-refractivity contribution < 1.29 is 21.6 Å². The number of hydrogen-bond donors (Lipinski definition) is 1. The van der Waals surface area contributed by atoms with Gasteiger partial charge in [0.05, 0.1) is 5.75 Å². The van der Waals surface area contributed by atoms with Crippen LogP contribution in [0.4, 0.5) is 18.9 Å². The normalized spacial score (nSPS) is 12.9. The molecule has 3 nitrogen and oxygen atoms in total. The highest BCUT2D eigenvalue weighted by Crippen LogP contribution is 2.19. The third kappa shape index (κ3) is 5.22. The highest BCUT2D eigenvalue weighted by atomic mass is 32.2. The first-order chi connectivity index (χ1) is 8.22. The van der Waals surface area contributed by atoms with Gasteiger partial charge in [0.1, 0.15) is 0 Å². The lowest BCUT2D eigenvalue weighted by Gasteiger charge is -2.05. The third-order valence-electron chi connectivity index (χ3n) is 2.03. The number of alkyl halides is 3. The van der Waals surface area contributed by atoms with Crippen LogP contribution >= 0.6 is 0 Å². The van der Waals surface area contributed by atoms with Crippen molar-refractivity contribution >= 4 is 21.8 Å². The molecule has 1 aromatic rings. The number of halogens is 3. The predicted molar refractivity (Wildman–Crippen MR) is 64.6 cm³/mol. The van der Waals surface area contributed by atoms with Crippen molar-refractivity contribution in [2.45, 2.75) is 13.1 Å². The molecule has 18 heavy (non-hydrogen) atoms. The van der Waals surface area contributed by atoms with E-state index in [0.717, 1.165) is 6.08 Å². The van der Waals surface area contributed by atoms with Crippen LogP contribution in [0.25, 0.3) is 6.08 Å². The molecular weight excluding hydrogens is 267 g/mol. The van der Waals surface area contributed by atoms with Crippen LogP contribution in [0.2, 0.25) is 0 Å². The molecule has 0 atom stereocenters. The molecule has 0 fully saturated rings. The molecule has 0 unspecified atom stereocenters. The molecule has 0 radical (unpaired) electrons. The van der Waals surface area contributed by atoms with E-state index in [1.807, 2.05) is 0 Å². The average Bonchev–Trinajstić information content (AvgIpc) is 2.27. The van der Waals surface area contributed by atoms with Gasteiger partial charge in [-0.3, -0.25) is 4.72 Å². The van der Waals surface area contributed by atoms with Crippen molar-refractivity contribution in [3.05, 3.63) is 35.9 Å². The summed E-state index contributed by atoms with van der Waals surface area (Å²) >= 11 is 0. The molecule has 0 saturated heterocycles. The lowest BCUT2D eigenvalue weighted by Crippen LogP contribution is -2.14. The first-order valence-electron chi connectivity index (χ1n) is 5.08. The van der Waals surface area contributed by atoms with E-state index < -0.39 is 16.2 Å². The molecule has 0 aliphatic heterocycles. The van der Waals surface area contributed by atoms with E-state index in [9.17, 15) is 21.6 Å². The Hall–Kier alpha value is -1.50. The number of nitrogens with one attached hydrogen (secondary N) is 1. The summed E-state index contributed by atoms with van der Waals surface area (Å²) in [5, 5.41) is 0. The minimum Gasteiger partial charge on any atom is -0.284 e. The van der Waals surface area contributed by atoms with E-state index in [0.29, 0.717) is 11.3 Å². The zero-order chi connectivity index (χ0) is 13.8. The summed E-state index contributed by atoms with van der Waals surface area (Å²) in [5.41, 5.74) is 0.660. The first kappa shape index (κ1) is 14.6. The molecule has 7 heteroatoms. The van der Waals surface area contributed by atoms with E-state index >= 15 is 0 Å². The number of benzene rings is 1. The Morgan fingerprint density at radius 3 is 2.22 bits per heavy atom. The smallest absolute Gasteiger partial charge is 0.284 e. The van der Waals surface area contributed by atoms with Crippen LogP contribution in [0.15, 0.2) is 30.3 Å². The number of hydrogen-bond acceptors (Lipinski definition) is 2. The van der Waals surface area contributed by atoms with Gasteiger partial charge in [0.2, 0.25) is 10.0 Å². The maximum atomic E-state index is 11.9. The van der Waals surface area contributed by atoms with Crippen molar-refractivity contribution in [2.24, 2.45) is 0 Å². The maximum absolute atomic E-state index is 11.9. The van der Waals surface area contributed by atoms with Crippen LogP contribution in [-0.4, -0.2) is 20.3 Å². The van der Waals surface area contributed by atoms with Gasteiger partial charge in [0, 0.05) is 11.8 Å². The summed E-state index contributed by atoms with van der Waals surface area (Å²) < 4.78 is 60.5. The molecule has 0 aliphatic carbocycles. The summed E-state index contributed by atoms with van der Waals surface area (Å²) in [6, 6.07) is 5.61. The van der Waals surface area contributed by atoms with Gasteiger partial charge in [-0.2, -0.15) is 13.2 Å². The van der Waals surface area contributed by atoms with Gasteiger partial charge in [0.25, 0.3) is 0 Å². The fraction of sp³-hybridized carbons (Fsp3) is 0.273. The Kier molecular flexibility index (Phi) is 4.39. The van der Waals surface area contributed by atoms with E-state index in [2.05, 4.69) is 4.72 Å². The Bertz CT molecular complexity index is 518. The van der Waals surface area contributed by atoms with E-state index in [1.54, 1.807) is 0 Å². The van der Waals surface area contributed by atoms with Crippen LogP contribution in [0, 0.1) is 0 Å². The maximum Gasteiger partial charge on any atom is 0.409 e. The molecule has 1 N–H and O–H groups in total. The molecule has 0 aromatic heterocycles. The van der Waals surface area contributed by atoms with Gasteiger partial charge in [-0.1, -0.05) is 18.2 Å². The standard InChI is InChI=1S/C11H12F3NO2S/c1-2-18(16,17)15-10-5-3-9(4-6-10)7-8-11(12,13)14/h3-8,15H,2H2,1H3/b8-7+. The Labute approximate surface area is 103 Å². The fourth-order valence-electron chi connectivity index (χ4n) is 1.10. The van der Waals surface area contributed by atoms with Gasteiger partial charge >= 0.3 is 6.18 Å². The molecule has 1 rings (SSSR count). The molecular formula is C11H12F3NO2S. The zero-order valence-electron chi connectivity index (χ0n) is 9.53. The lowest BCUT2D eigenvalue weighted by molar-refractivity contribution is -0.0790. The minimum absolute atomic E-state index is 0.0667. The monoisotopic (exact) mass is 279 g/mol. The largest absolute Gasteiger partial charge is 0.409 e. The molecule has 0 bridgehead atoms. The van der Waals surface area contributed by atoms with Gasteiger partial charge in [-0.25, -0.2) is 8.42 Å². The molecule has 0 saturated carbocycles. The van der Waals surface area contributed by atoms with Crippen LogP contribution in [-0.2, 0) is 10.0 Å². The van der Waals surface area contributed by atoms with Crippen LogP contribution in [0.3, 0.4) is 0 Å². The van der Waals surface area contributed by atoms with Gasteiger partial charge in [-0.05, 0) is 24.6 Å². The summed E-state index contributed by atoms with van der Waals surface area (Å²) in [6.45, 7) is 1.49. The van der Waals surface area contributed by atoms with Crippen molar-refractivity contribution in [3.8, 4) is 0 Å². The third-order valence-corrected chi connectivity index (χ3v) is 3.34. The molecule has 0 heterocycles. The van der Waals surface area contributed by atoms with Crippen molar-refractivity contribution in [1.29, 1.82) is 0 Å². The fourth-order valence-corrected chi connectivity index (χ4v) is 1.74. The number of rotatable bonds is 4. The van der Waals surface area contributed by atoms with Crippen LogP contribution in [0.1, 0.15) is 12.5 Å². The highest BCUT2D eigenvalue weighted by Gasteiger charge is 2.21. The van der Waals surface area contributed by atoms with E-state index in [4.69, 9.17) is 0 Å². The highest BCUT2D eigenvalue weighted by molar-refractivity contribution is 7.92. The minimum atomic E-state index is -4.36. The van der Waals surface area contributed by atoms with E-state index in [1.165, 1.54) is 31.2 Å².